The van der Waals surface area contributed by atoms with E-state index < -0.39 is 5.91 Å². The van der Waals surface area contributed by atoms with Gasteiger partial charge in [0.05, 0.1) is 23.4 Å². The lowest BCUT2D eigenvalue weighted by molar-refractivity contribution is 0.0976. The number of benzene rings is 3. The van der Waals surface area contributed by atoms with Gasteiger partial charge in [-0.1, -0.05) is 41.4 Å². The fourth-order valence-electron chi connectivity index (χ4n) is 2.67. The summed E-state index contributed by atoms with van der Waals surface area (Å²) in [5, 5.41) is 9.15. The summed E-state index contributed by atoms with van der Waals surface area (Å²) in [6, 6.07) is 18.2. The third-order valence-corrected chi connectivity index (χ3v) is 4.91. The molecule has 158 valence electrons. The SMILES string of the molecule is COc1cc(NC(=S)NC(=O)c2cccc(Cl)c2)ccc1NC(=O)c1ccccc1Cl. The van der Waals surface area contributed by atoms with Gasteiger partial charge in [0.15, 0.2) is 5.11 Å². The number of thiocarbonyl (C=S) groups is 1. The highest BCUT2D eigenvalue weighted by atomic mass is 35.5. The maximum absolute atomic E-state index is 12.5. The van der Waals surface area contributed by atoms with Crippen molar-refractivity contribution in [3.63, 3.8) is 0 Å². The van der Waals surface area contributed by atoms with Crippen LogP contribution in [0.4, 0.5) is 11.4 Å². The molecular weight excluding hydrogens is 457 g/mol. The lowest BCUT2D eigenvalue weighted by atomic mass is 10.2. The zero-order chi connectivity index (χ0) is 22.4. The van der Waals surface area contributed by atoms with E-state index >= 15 is 0 Å². The summed E-state index contributed by atoms with van der Waals surface area (Å²) in [6.07, 6.45) is 0. The Hall–Kier alpha value is -3.13. The molecule has 3 aromatic rings. The van der Waals surface area contributed by atoms with Crippen molar-refractivity contribution in [3.8, 4) is 5.75 Å². The Morgan fingerprint density at radius 3 is 2.39 bits per heavy atom. The van der Waals surface area contributed by atoms with Crippen molar-refractivity contribution in [2.75, 3.05) is 17.7 Å². The van der Waals surface area contributed by atoms with Crippen LogP contribution >= 0.6 is 35.4 Å². The van der Waals surface area contributed by atoms with Crippen LogP contribution in [0.25, 0.3) is 0 Å². The van der Waals surface area contributed by atoms with Crippen molar-refractivity contribution in [2.45, 2.75) is 0 Å². The number of halogens is 2. The molecule has 0 saturated heterocycles. The molecule has 0 spiro atoms. The Morgan fingerprint density at radius 1 is 0.903 bits per heavy atom. The summed E-state index contributed by atoms with van der Waals surface area (Å²) in [5.74, 6) is -0.362. The van der Waals surface area contributed by atoms with Gasteiger partial charge >= 0.3 is 0 Å². The number of ether oxygens (including phenoxy) is 1. The van der Waals surface area contributed by atoms with Gasteiger partial charge in [-0.2, -0.15) is 0 Å². The molecule has 9 heteroatoms. The van der Waals surface area contributed by atoms with Crippen LogP contribution in [0.5, 0.6) is 5.75 Å². The molecule has 0 fully saturated rings. The minimum atomic E-state index is -0.393. The third kappa shape index (κ3) is 5.95. The lowest BCUT2D eigenvalue weighted by Crippen LogP contribution is -2.34. The standard InChI is InChI=1S/C22H17Cl2N3O3S/c1-30-19-12-15(25-22(31)27-20(28)13-5-4-6-14(23)11-13)9-10-18(19)26-21(29)16-7-2-3-8-17(16)24/h2-12H,1H3,(H,26,29)(H2,25,27,28,31). The van der Waals surface area contributed by atoms with E-state index in [4.69, 9.17) is 40.2 Å². The van der Waals surface area contributed by atoms with Crippen molar-refractivity contribution < 1.29 is 14.3 Å². The molecule has 0 aromatic heterocycles. The molecule has 0 aliphatic carbocycles. The minimum Gasteiger partial charge on any atom is -0.494 e. The van der Waals surface area contributed by atoms with Crippen LogP contribution in [0.2, 0.25) is 10.0 Å². The van der Waals surface area contributed by atoms with E-state index in [1.165, 1.54) is 7.11 Å². The second kappa shape index (κ2) is 10.3. The predicted molar refractivity (Wildman–Crippen MR) is 128 cm³/mol. The Bertz CT molecular complexity index is 1150. The summed E-state index contributed by atoms with van der Waals surface area (Å²) in [6.45, 7) is 0. The zero-order valence-corrected chi connectivity index (χ0v) is 18.6. The molecule has 3 N–H and O–H groups in total. The lowest BCUT2D eigenvalue weighted by Gasteiger charge is -2.14. The third-order valence-electron chi connectivity index (χ3n) is 4.14. The van der Waals surface area contributed by atoms with E-state index in [0.717, 1.165) is 0 Å². The largest absolute Gasteiger partial charge is 0.494 e. The second-order valence-corrected chi connectivity index (χ2v) is 7.52. The van der Waals surface area contributed by atoms with E-state index in [1.807, 2.05) is 0 Å². The molecule has 31 heavy (non-hydrogen) atoms. The minimum absolute atomic E-state index is 0.0971. The summed E-state index contributed by atoms with van der Waals surface area (Å²) >= 11 is 17.2. The van der Waals surface area contributed by atoms with Crippen LogP contribution in [-0.2, 0) is 0 Å². The molecule has 0 aliphatic rings. The Balaban J connectivity index is 1.68. The number of hydrogen-bond donors (Lipinski definition) is 3. The highest BCUT2D eigenvalue weighted by Crippen LogP contribution is 2.29. The fraction of sp³-hybridized carbons (Fsp3) is 0.0455. The van der Waals surface area contributed by atoms with Crippen LogP contribution in [0.15, 0.2) is 66.7 Å². The van der Waals surface area contributed by atoms with Gasteiger partial charge in [-0.15, -0.1) is 0 Å². The number of anilines is 2. The van der Waals surface area contributed by atoms with Gasteiger partial charge < -0.3 is 15.4 Å². The monoisotopic (exact) mass is 473 g/mol. The number of rotatable bonds is 5. The maximum Gasteiger partial charge on any atom is 0.257 e. The molecule has 0 aliphatic heterocycles. The molecule has 0 atom stereocenters. The van der Waals surface area contributed by atoms with Crippen LogP contribution in [-0.4, -0.2) is 24.0 Å². The molecule has 0 saturated carbocycles. The maximum atomic E-state index is 12.5. The highest BCUT2D eigenvalue weighted by molar-refractivity contribution is 7.80. The van der Waals surface area contributed by atoms with Gasteiger partial charge in [0.25, 0.3) is 11.8 Å². The number of amides is 2. The number of carbonyl (C=O) groups excluding carboxylic acids is 2. The van der Waals surface area contributed by atoms with Crippen molar-refractivity contribution in [1.82, 2.24) is 5.32 Å². The predicted octanol–water partition coefficient (Wildman–Crippen LogP) is 5.38. The van der Waals surface area contributed by atoms with Gasteiger partial charge in [-0.3, -0.25) is 14.9 Å². The van der Waals surface area contributed by atoms with Crippen LogP contribution in [0.3, 0.4) is 0 Å². The summed E-state index contributed by atoms with van der Waals surface area (Å²) < 4.78 is 5.37. The molecule has 3 aromatic carbocycles. The van der Waals surface area contributed by atoms with Crippen LogP contribution < -0.4 is 20.7 Å². The molecule has 0 unspecified atom stereocenters. The molecule has 3 rings (SSSR count). The highest BCUT2D eigenvalue weighted by Gasteiger charge is 2.14. The number of methoxy groups -OCH3 is 1. The van der Waals surface area contributed by atoms with Crippen LogP contribution in [0.1, 0.15) is 20.7 Å². The van der Waals surface area contributed by atoms with E-state index in [0.29, 0.717) is 38.3 Å². The van der Waals surface area contributed by atoms with E-state index in [2.05, 4.69) is 16.0 Å². The van der Waals surface area contributed by atoms with Gasteiger partial charge in [0, 0.05) is 22.3 Å². The quantitative estimate of drug-likeness (QED) is 0.433. The zero-order valence-electron chi connectivity index (χ0n) is 16.2. The molecule has 0 radical (unpaired) electrons. The molecule has 0 bridgehead atoms. The van der Waals surface area contributed by atoms with Gasteiger partial charge in [0.1, 0.15) is 5.75 Å². The average Bonchev–Trinajstić information content (AvgIpc) is 2.74. The van der Waals surface area contributed by atoms with Crippen molar-refractivity contribution in [1.29, 1.82) is 0 Å². The van der Waals surface area contributed by atoms with Crippen molar-refractivity contribution >= 4 is 63.7 Å². The Kier molecular flexibility index (Phi) is 7.46. The summed E-state index contributed by atoms with van der Waals surface area (Å²) in [5.41, 5.74) is 1.74. The normalized spacial score (nSPS) is 10.2. The topological polar surface area (TPSA) is 79.5 Å². The first-order valence-corrected chi connectivity index (χ1v) is 10.2. The van der Waals surface area contributed by atoms with Crippen molar-refractivity contribution in [3.05, 3.63) is 87.9 Å². The van der Waals surface area contributed by atoms with Gasteiger partial charge in [0.2, 0.25) is 0 Å². The number of hydrogen-bond acceptors (Lipinski definition) is 4. The Morgan fingerprint density at radius 2 is 1.68 bits per heavy atom. The second-order valence-electron chi connectivity index (χ2n) is 6.27. The van der Waals surface area contributed by atoms with Gasteiger partial charge in [-0.25, -0.2) is 0 Å². The van der Waals surface area contributed by atoms with E-state index in [9.17, 15) is 9.59 Å². The van der Waals surface area contributed by atoms with E-state index in [-0.39, 0.29) is 11.0 Å². The summed E-state index contributed by atoms with van der Waals surface area (Å²) in [7, 11) is 1.48. The average molecular weight is 474 g/mol. The first-order chi connectivity index (χ1) is 14.9. The first-order valence-electron chi connectivity index (χ1n) is 8.99. The number of carbonyl (C=O) groups is 2. The van der Waals surface area contributed by atoms with E-state index in [1.54, 1.807) is 66.7 Å². The molecular formula is C22H17Cl2N3O3S. The molecule has 0 heterocycles. The summed E-state index contributed by atoms with van der Waals surface area (Å²) in [4.78, 5) is 24.8. The smallest absolute Gasteiger partial charge is 0.257 e. The van der Waals surface area contributed by atoms with Crippen LogP contribution in [0, 0.1) is 0 Å². The van der Waals surface area contributed by atoms with Crippen molar-refractivity contribution in [2.24, 2.45) is 0 Å². The fourth-order valence-corrected chi connectivity index (χ4v) is 3.30. The number of nitrogens with one attached hydrogen (secondary N) is 3. The molecule has 6 nitrogen and oxygen atoms in total. The molecule has 2 amide bonds. The van der Waals surface area contributed by atoms with Gasteiger partial charge in [-0.05, 0) is 54.7 Å². The first kappa shape index (κ1) is 22.6. The Labute approximate surface area is 194 Å².